The number of carbonyl (C=O) groups excluding carboxylic acids is 1. The van der Waals surface area contributed by atoms with E-state index >= 15 is 0 Å². The summed E-state index contributed by atoms with van der Waals surface area (Å²) in [4.78, 5) is 30.4. The largest absolute Gasteiger partial charge is 0.354 e. The molecular weight excluding hydrogens is 296 g/mol. The molecule has 1 aliphatic rings. The van der Waals surface area contributed by atoms with Gasteiger partial charge < -0.3 is 9.80 Å². The number of benzene rings is 1. The summed E-state index contributed by atoms with van der Waals surface area (Å²) in [5, 5.41) is 11.6. The first-order valence-electron chi connectivity index (χ1n) is 7.49. The summed E-state index contributed by atoms with van der Waals surface area (Å²) < 4.78 is 0. The third-order valence-corrected chi connectivity index (χ3v) is 4.40. The molecule has 0 N–H and O–H groups in total. The molecule has 0 aliphatic carbocycles. The Kier molecular flexibility index (Phi) is 3.85. The van der Waals surface area contributed by atoms with E-state index in [4.69, 9.17) is 0 Å². The van der Waals surface area contributed by atoms with Crippen LogP contribution in [0.2, 0.25) is 0 Å². The third kappa shape index (κ3) is 2.94. The van der Waals surface area contributed by atoms with Gasteiger partial charge in [-0.05, 0) is 24.6 Å². The van der Waals surface area contributed by atoms with Gasteiger partial charge in [0.25, 0.3) is 5.69 Å². The molecule has 1 aromatic carbocycles. The van der Waals surface area contributed by atoms with Crippen LogP contribution < -0.4 is 4.90 Å². The lowest BCUT2D eigenvalue weighted by molar-refractivity contribution is -0.384. The highest BCUT2D eigenvalue weighted by Crippen LogP contribution is 2.25. The Labute approximate surface area is 133 Å². The minimum absolute atomic E-state index is 0.0654. The van der Waals surface area contributed by atoms with Crippen LogP contribution in [0.25, 0.3) is 10.9 Å². The number of nitro benzene ring substituents is 1. The third-order valence-electron chi connectivity index (χ3n) is 4.40. The predicted octanol–water partition coefficient (Wildman–Crippen LogP) is 2.20. The average molecular weight is 314 g/mol. The fourth-order valence-corrected chi connectivity index (χ4v) is 2.92. The summed E-state index contributed by atoms with van der Waals surface area (Å²) in [7, 11) is 1.82. The normalized spacial score (nSPS) is 17.5. The van der Waals surface area contributed by atoms with Crippen molar-refractivity contribution in [3.63, 3.8) is 0 Å². The maximum absolute atomic E-state index is 11.5. The maximum atomic E-state index is 11.5. The Morgan fingerprint density at radius 2 is 2.17 bits per heavy atom. The Bertz CT molecular complexity index is 777. The number of amides is 1. The van der Waals surface area contributed by atoms with Crippen molar-refractivity contribution < 1.29 is 9.72 Å². The van der Waals surface area contributed by atoms with Gasteiger partial charge in [-0.25, -0.2) is 4.98 Å². The zero-order valence-electron chi connectivity index (χ0n) is 13.1. The summed E-state index contributed by atoms with van der Waals surface area (Å²) in [6, 6.07) is 8.60. The quantitative estimate of drug-likeness (QED) is 0.641. The van der Waals surface area contributed by atoms with Crippen LogP contribution in [0.15, 0.2) is 30.3 Å². The molecule has 0 saturated carbocycles. The van der Waals surface area contributed by atoms with Crippen LogP contribution in [-0.2, 0) is 4.79 Å². The molecule has 1 aliphatic heterocycles. The van der Waals surface area contributed by atoms with Gasteiger partial charge in [-0.2, -0.15) is 0 Å². The second kappa shape index (κ2) is 5.83. The maximum Gasteiger partial charge on any atom is 0.270 e. The number of hydrogen-bond acceptors (Lipinski definition) is 5. The molecule has 23 heavy (non-hydrogen) atoms. The van der Waals surface area contributed by atoms with Gasteiger partial charge in [0.2, 0.25) is 5.91 Å². The van der Waals surface area contributed by atoms with Gasteiger partial charge in [-0.3, -0.25) is 14.9 Å². The van der Waals surface area contributed by atoms with E-state index in [9.17, 15) is 14.9 Å². The topological polar surface area (TPSA) is 79.6 Å². The van der Waals surface area contributed by atoms with Gasteiger partial charge in [-0.1, -0.05) is 0 Å². The molecule has 0 radical (unpaired) electrons. The van der Waals surface area contributed by atoms with E-state index in [1.54, 1.807) is 17.9 Å². The van der Waals surface area contributed by atoms with Crippen molar-refractivity contribution in [1.29, 1.82) is 0 Å². The zero-order valence-corrected chi connectivity index (χ0v) is 13.1. The van der Waals surface area contributed by atoms with Crippen LogP contribution in [0.1, 0.15) is 13.3 Å². The zero-order chi connectivity index (χ0) is 16.6. The first-order chi connectivity index (χ1) is 11.0. The molecule has 120 valence electrons. The highest BCUT2D eigenvalue weighted by Gasteiger charge is 2.27. The lowest BCUT2D eigenvalue weighted by Crippen LogP contribution is -2.37. The highest BCUT2D eigenvalue weighted by molar-refractivity contribution is 5.82. The molecular formula is C16H18N4O3. The van der Waals surface area contributed by atoms with E-state index in [1.807, 2.05) is 19.2 Å². The van der Waals surface area contributed by atoms with Crippen LogP contribution in [0.5, 0.6) is 0 Å². The molecule has 0 spiro atoms. The number of nitro groups is 1. The van der Waals surface area contributed by atoms with Gasteiger partial charge in [0.1, 0.15) is 5.82 Å². The van der Waals surface area contributed by atoms with Crippen LogP contribution >= 0.6 is 0 Å². The fraction of sp³-hybridized carbons (Fsp3) is 0.375. The Balaban J connectivity index is 1.83. The summed E-state index contributed by atoms with van der Waals surface area (Å²) >= 11 is 0. The number of fused-ring (bicyclic) bond motifs is 1. The van der Waals surface area contributed by atoms with Crippen molar-refractivity contribution in [2.75, 3.05) is 25.0 Å². The molecule has 7 nitrogen and oxygen atoms in total. The average Bonchev–Trinajstić information content (AvgIpc) is 3.02. The van der Waals surface area contributed by atoms with Crippen LogP contribution in [0.4, 0.5) is 11.5 Å². The smallest absolute Gasteiger partial charge is 0.270 e. The van der Waals surface area contributed by atoms with Gasteiger partial charge in [0, 0.05) is 44.6 Å². The monoisotopic (exact) mass is 314 g/mol. The minimum atomic E-state index is -0.407. The van der Waals surface area contributed by atoms with Crippen LogP contribution in [-0.4, -0.2) is 46.9 Å². The Morgan fingerprint density at radius 3 is 2.87 bits per heavy atom. The summed E-state index contributed by atoms with van der Waals surface area (Å²) in [6.07, 6.45) is 0.913. The fourth-order valence-electron chi connectivity index (χ4n) is 2.92. The van der Waals surface area contributed by atoms with E-state index in [0.29, 0.717) is 0 Å². The molecule has 1 aromatic heterocycles. The summed E-state index contributed by atoms with van der Waals surface area (Å²) in [6.45, 7) is 3.17. The molecule has 1 atom stereocenters. The van der Waals surface area contributed by atoms with Crippen LogP contribution in [0.3, 0.4) is 0 Å². The van der Waals surface area contributed by atoms with Crippen molar-refractivity contribution >= 4 is 28.3 Å². The Morgan fingerprint density at radius 1 is 1.39 bits per heavy atom. The van der Waals surface area contributed by atoms with Crippen LogP contribution in [0, 0.1) is 10.1 Å². The SMILES string of the molecule is CC(=O)N(C)C1CCN(c2ccc3cc([N+](=O)[O-])ccc3n2)C1. The molecule has 2 heterocycles. The second-order valence-corrected chi connectivity index (χ2v) is 5.82. The number of rotatable bonds is 3. The molecule has 3 rings (SSSR count). The van der Waals surface area contributed by atoms with E-state index < -0.39 is 4.92 Å². The van der Waals surface area contributed by atoms with E-state index in [2.05, 4.69) is 9.88 Å². The molecule has 1 saturated heterocycles. The van der Waals surface area contributed by atoms with Gasteiger partial charge in [0.15, 0.2) is 0 Å². The van der Waals surface area contributed by atoms with Crippen molar-refractivity contribution in [1.82, 2.24) is 9.88 Å². The Hall–Kier alpha value is -2.70. The number of anilines is 1. The standard InChI is InChI=1S/C16H18N4O3/c1-11(21)18(2)14-7-8-19(10-14)16-6-3-12-9-13(20(22)23)4-5-15(12)17-16/h3-6,9,14H,7-8,10H2,1-2H3. The van der Waals surface area contributed by atoms with Gasteiger partial charge >= 0.3 is 0 Å². The van der Waals surface area contributed by atoms with Gasteiger partial charge in [0.05, 0.1) is 16.5 Å². The molecule has 0 bridgehead atoms. The number of nitrogens with zero attached hydrogens (tertiary/aromatic N) is 4. The molecule has 7 heteroatoms. The predicted molar refractivity (Wildman–Crippen MR) is 87.5 cm³/mol. The first kappa shape index (κ1) is 15.2. The van der Waals surface area contributed by atoms with E-state index in [1.165, 1.54) is 12.1 Å². The second-order valence-electron chi connectivity index (χ2n) is 5.82. The number of carbonyl (C=O) groups is 1. The minimum Gasteiger partial charge on any atom is -0.354 e. The van der Waals surface area contributed by atoms with Gasteiger partial charge in [-0.15, -0.1) is 0 Å². The summed E-state index contributed by atoms with van der Waals surface area (Å²) in [5.74, 6) is 0.904. The molecule has 1 amide bonds. The number of likely N-dealkylation sites (N-methyl/N-ethyl adjacent to an activating group) is 1. The van der Waals surface area contributed by atoms with Crippen molar-refractivity contribution in [3.8, 4) is 0 Å². The lowest BCUT2D eigenvalue weighted by Gasteiger charge is -2.24. The molecule has 1 unspecified atom stereocenters. The number of pyridine rings is 1. The first-order valence-corrected chi connectivity index (χ1v) is 7.49. The van der Waals surface area contributed by atoms with Crippen molar-refractivity contribution in [2.24, 2.45) is 0 Å². The highest BCUT2D eigenvalue weighted by atomic mass is 16.6. The molecule has 1 fully saturated rings. The number of aromatic nitrogens is 1. The molecule has 2 aromatic rings. The summed E-state index contributed by atoms with van der Waals surface area (Å²) in [5.41, 5.74) is 0.799. The number of hydrogen-bond donors (Lipinski definition) is 0. The lowest BCUT2D eigenvalue weighted by atomic mass is 10.2. The van der Waals surface area contributed by atoms with Crippen molar-refractivity contribution in [2.45, 2.75) is 19.4 Å². The van der Waals surface area contributed by atoms with E-state index in [0.717, 1.165) is 36.2 Å². The van der Waals surface area contributed by atoms with E-state index in [-0.39, 0.29) is 17.6 Å². The van der Waals surface area contributed by atoms with Crippen molar-refractivity contribution in [3.05, 3.63) is 40.4 Å². The number of non-ortho nitro benzene ring substituents is 1.